The number of halogens is 1. The zero-order valence-electron chi connectivity index (χ0n) is 12.0. The molecule has 0 fully saturated rings. The number of phenolic OH excluding ortho intramolecular Hbond substituents is 1. The molecule has 0 spiro atoms. The van der Waals surface area contributed by atoms with Gasteiger partial charge < -0.3 is 10.4 Å². The second kappa shape index (κ2) is 7.95. The van der Waals surface area contributed by atoms with Crippen LogP contribution in [0.15, 0.2) is 53.6 Å². The summed E-state index contributed by atoms with van der Waals surface area (Å²) in [4.78, 5) is 23.3. The van der Waals surface area contributed by atoms with Crippen molar-refractivity contribution in [3.05, 3.63) is 59.1 Å². The molecule has 0 saturated heterocycles. The van der Waals surface area contributed by atoms with Gasteiger partial charge in [0.1, 0.15) is 12.2 Å². The van der Waals surface area contributed by atoms with E-state index in [1.165, 1.54) is 18.3 Å². The number of carbonyl (C=O) groups excluding carboxylic acids is 2. The van der Waals surface area contributed by atoms with Gasteiger partial charge in [-0.25, -0.2) is 5.43 Å². The molecule has 0 atom stereocenters. The molecule has 0 unspecified atom stereocenters. The molecule has 0 radical (unpaired) electrons. The van der Waals surface area contributed by atoms with Crippen LogP contribution in [0.5, 0.6) is 5.75 Å². The van der Waals surface area contributed by atoms with Crippen LogP contribution in [0.25, 0.3) is 0 Å². The quantitative estimate of drug-likeness (QED) is 0.446. The zero-order chi connectivity index (χ0) is 16.7. The monoisotopic (exact) mass is 331 g/mol. The maximum absolute atomic E-state index is 11.7. The second-order valence-electron chi connectivity index (χ2n) is 4.62. The number of carbonyl (C=O) groups is 2. The average molecular weight is 332 g/mol. The normalized spacial score (nSPS) is 10.5. The lowest BCUT2D eigenvalue weighted by atomic mass is 10.2. The van der Waals surface area contributed by atoms with Crippen molar-refractivity contribution in [2.45, 2.75) is 6.42 Å². The molecule has 0 aliphatic rings. The van der Waals surface area contributed by atoms with Crippen molar-refractivity contribution in [2.75, 3.05) is 5.32 Å². The summed E-state index contributed by atoms with van der Waals surface area (Å²) < 4.78 is 0. The van der Waals surface area contributed by atoms with E-state index in [1.54, 1.807) is 36.4 Å². The Morgan fingerprint density at radius 1 is 1.13 bits per heavy atom. The van der Waals surface area contributed by atoms with Crippen LogP contribution >= 0.6 is 11.6 Å². The van der Waals surface area contributed by atoms with Crippen LogP contribution in [-0.2, 0) is 9.59 Å². The molecular formula is C16H14ClN3O3. The Balaban J connectivity index is 1.80. The molecule has 118 valence electrons. The van der Waals surface area contributed by atoms with Gasteiger partial charge in [-0.3, -0.25) is 9.59 Å². The van der Waals surface area contributed by atoms with Gasteiger partial charge in [0.2, 0.25) is 11.8 Å². The fourth-order valence-electron chi connectivity index (χ4n) is 1.70. The summed E-state index contributed by atoms with van der Waals surface area (Å²) in [5.41, 5.74) is 3.47. The predicted octanol–water partition coefficient (Wildman–Crippen LogP) is 2.52. The minimum Gasteiger partial charge on any atom is -0.508 e. The van der Waals surface area contributed by atoms with Crippen molar-refractivity contribution in [1.29, 1.82) is 0 Å². The van der Waals surface area contributed by atoms with E-state index >= 15 is 0 Å². The zero-order valence-corrected chi connectivity index (χ0v) is 12.7. The second-order valence-corrected chi connectivity index (χ2v) is 5.06. The fourth-order valence-corrected chi connectivity index (χ4v) is 1.89. The molecule has 7 heteroatoms. The van der Waals surface area contributed by atoms with Crippen molar-refractivity contribution in [3.63, 3.8) is 0 Å². The van der Waals surface area contributed by atoms with Crippen LogP contribution in [0.3, 0.4) is 0 Å². The first kappa shape index (κ1) is 16.5. The van der Waals surface area contributed by atoms with E-state index in [0.29, 0.717) is 16.3 Å². The number of rotatable bonds is 5. The van der Waals surface area contributed by atoms with Gasteiger partial charge in [0, 0.05) is 10.7 Å². The van der Waals surface area contributed by atoms with E-state index in [-0.39, 0.29) is 12.2 Å². The highest BCUT2D eigenvalue weighted by Gasteiger charge is 2.09. The first-order valence-electron chi connectivity index (χ1n) is 6.69. The van der Waals surface area contributed by atoms with Crippen LogP contribution in [0.2, 0.25) is 5.02 Å². The van der Waals surface area contributed by atoms with Gasteiger partial charge in [0.05, 0.1) is 6.21 Å². The van der Waals surface area contributed by atoms with E-state index < -0.39 is 11.8 Å². The molecule has 0 aromatic heterocycles. The summed E-state index contributed by atoms with van der Waals surface area (Å²) in [7, 11) is 0. The van der Waals surface area contributed by atoms with Crippen molar-refractivity contribution in [3.8, 4) is 5.75 Å². The van der Waals surface area contributed by atoms with Gasteiger partial charge in [-0.2, -0.15) is 5.10 Å². The summed E-state index contributed by atoms with van der Waals surface area (Å²) in [6.07, 6.45) is 1.05. The molecule has 23 heavy (non-hydrogen) atoms. The third-order valence-corrected chi connectivity index (χ3v) is 2.96. The molecule has 6 nitrogen and oxygen atoms in total. The Bertz CT molecular complexity index is 730. The predicted molar refractivity (Wildman–Crippen MR) is 88.5 cm³/mol. The van der Waals surface area contributed by atoms with Crippen LogP contribution in [0, 0.1) is 0 Å². The number of hydrogen-bond donors (Lipinski definition) is 3. The minimum atomic E-state index is -0.542. The number of benzene rings is 2. The number of hydrogen-bond acceptors (Lipinski definition) is 4. The van der Waals surface area contributed by atoms with Crippen LogP contribution in [0.4, 0.5) is 5.69 Å². The van der Waals surface area contributed by atoms with Crippen LogP contribution in [0.1, 0.15) is 12.0 Å². The molecule has 0 heterocycles. The molecule has 2 aromatic carbocycles. The van der Waals surface area contributed by atoms with E-state index in [2.05, 4.69) is 15.8 Å². The average Bonchev–Trinajstić information content (AvgIpc) is 2.49. The Labute approximate surface area is 137 Å². The Kier molecular flexibility index (Phi) is 5.71. The van der Waals surface area contributed by atoms with Gasteiger partial charge in [-0.15, -0.1) is 0 Å². The number of nitrogens with one attached hydrogen (secondary N) is 2. The summed E-state index contributed by atoms with van der Waals surface area (Å²) >= 11 is 5.81. The number of aromatic hydroxyl groups is 1. The lowest BCUT2D eigenvalue weighted by Crippen LogP contribution is -2.24. The topological polar surface area (TPSA) is 90.8 Å². The van der Waals surface area contributed by atoms with Crippen LogP contribution < -0.4 is 10.7 Å². The molecule has 0 aliphatic carbocycles. The Morgan fingerprint density at radius 2 is 1.87 bits per heavy atom. The van der Waals surface area contributed by atoms with Crippen molar-refractivity contribution in [2.24, 2.45) is 5.10 Å². The molecule has 2 rings (SSSR count). The van der Waals surface area contributed by atoms with Gasteiger partial charge >= 0.3 is 0 Å². The fraction of sp³-hybridized carbons (Fsp3) is 0.0625. The molecule has 0 saturated carbocycles. The number of hydrazone groups is 1. The van der Waals surface area contributed by atoms with E-state index in [9.17, 15) is 9.59 Å². The molecule has 2 amide bonds. The summed E-state index contributed by atoms with van der Waals surface area (Å²) in [5, 5.41) is 15.9. The maximum atomic E-state index is 11.7. The highest BCUT2D eigenvalue weighted by Crippen LogP contribution is 2.14. The highest BCUT2D eigenvalue weighted by molar-refractivity contribution is 6.30. The van der Waals surface area contributed by atoms with Crippen LogP contribution in [-0.4, -0.2) is 23.1 Å². The van der Waals surface area contributed by atoms with E-state index in [0.717, 1.165) is 0 Å². The Morgan fingerprint density at radius 3 is 2.57 bits per heavy atom. The largest absolute Gasteiger partial charge is 0.508 e. The maximum Gasteiger partial charge on any atom is 0.249 e. The molecule has 3 N–H and O–H groups in total. The van der Waals surface area contributed by atoms with Gasteiger partial charge in [-0.05, 0) is 48.0 Å². The molecular weight excluding hydrogens is 318 g/mol. The third-order valence-electron chi connectivity index (χ3n) is 2.73. The standard InChI is InChI=1S/C16H14ClN3O3/c17-12-2-1-3-13(8-12)19-15(22)9-16(23)20-18-10-11-4-6-14(21)7-5-11/h1-8,10,21H,9H2,(H,19,22)(H,20,23)/b18-10-. The van der Waals surface area contributed by atoms with Gasteiger partial charge in [0.15, 0.2) is 0 Å². The van der Waals surface area contributed by atoms with E-state index in [1.807, 2.05) is 0 Å². The number of phenols is 1. The van der Waals surface area contributed by atoms with Crippen molar-refractivity contribution in [1.82, 2.24) is 5.43 Å². The first-order valence-corrected chi connectivity index (χ1v) is 7.07. The Hall–Kier alpha value is -2.86. The number of anilines is 1. The summed E-state index contributed by atoms with van der Waals surface area (Å²) in [6, 6.07) is 12.9. The first-order chi connectivity index (χ1) is 11.0. The van der Waals surface area contributed by atoms with Gasteiger partial charge in [-0.1, -0.05) is 17.7 Å². The molecule has 2 aromatic rings. The lowest BCUT2D eigenvalue weighted by molar-refractivity contribution is -0.126. The minimum absolute atomic E-state index is 0.142. The molecule has 0 bridgehead atoms. The highest BCUT2D eigenvalue weighted by atomic mass is 35.5. The summed E-state index contributed by atoms with van der Waals surface area (Å²) in [6.45, 7) is 0. The van der Waals surface area contributed by atoms with Crippen molar-refractivity contribution < 1.29 is 14.7 Å². The smallest absolute Gasteiger partial charge is 0.249 e. The number of amides is 2. The number of nitrogens with zero attached hydrogens (tertiary/aromatic N) is 1. The van der Waals surface area contributed by atoms with E-state index in [4.69, 9.17) is 16.7 Å². The lowest BCUT2D eigenvalue weighted by Gasteiger charge is -2.04. The van der Waals surface area contributed by atoms with Crippen molar-refractivity contribution >= 4 is 35.3 Å². The van der Waals surface area contributed by atoms with Gasteiger partial charge in [0.25, 0.3) is 0 Å². The molecule has 0 aliphatic heterocycles. The third kappa shape index (κ3) is 5.80. The summed E-state index contributed by atoms with van der Waals surface area (Å²) in [5.74, 6) is -0.868. The SMILES string of the molecule is O=C(CC(=O)Nc1cccc(Cl)c1)N/N=C\c1ccc(O)cc1.